The fraction of sp³-hybridized carbons (Fsp3) is 0.684. The fourth-order valence-electron chi connectivity index (χ4n) is 4.31. The first-order chi connectivity index (χ1) is 10.4. The van der Waals surface area contributed by atoms with Crippen LogP contribution in [0.5, 0.6) is 0 Å². The van der Waals surface area contributed by atoms with Crippen LogP contribution in [-0.2, 0) is 0 Å². The van der Waals surface area contributed by atoms with E-state index in [1.54, 1.807) is 0 Å². The van der Waals surface area contributed by atoms with Gasteiger partial charge in [0.1, 0.15) is 0 Å². The third-order valence-electron chi connectivity index (χ3n) is 5.41. The van der Waals surface area contributed by atoms with Crippen molar-refractivity contribution in [2.75, 3.05) is 19.6 Å². The maximum atomic E-state index is 3.76. The van der Waals surface area contributed by atoms with E-state index in [9.17, 15) is 0 Å². The van der Waals surface area contributed by atoms with E-state index in [1.807, 2.05) is 0 Å². The van der Waals surface area contributed by atoms with Crippen LogP contribution in [0.2, 0.25) is 0 Å². The molecule has 1 saturated carbocycles. The van der Waals surface area contributed by atoms with Gasteiger partial charge in [-0.3, -0.25) is 4.90 Å². The number of rotatable bonds is 4. The van der Waals surface area contributed by atoms with Crippen LogP contribution in [-0.4, -0.2) is 36.6 Å². The summed E-state index contributed by atoms with van der Waals surface area (Å²) in [4.78, 5) is 2.79. The molecular weight excluding hydrogens is 256 g/mol. The quantitative estimate of drug-likeness (QED) is 0.847. The van der Waals surface area contributed by atoms with Gasteiger partial charge in [0.05, 0.1) is 0 Å². The van der Waals surface area contributed by atoms with E-state index in [0.29, 0.717) is 6.04 Å². The number of likely N-dealkylation sites (N-methyl/N-ethyl adjacent to an activating group) is 1. The van der Waals surface area contributed by atoms with Crippen molar-refractivity contribution >= 4 is 0 Å². The molecule has 2 fully saturated rings. The predicted octanol–water partition coefficient (Wildman–Crippen LogP) is 3.79. The molecule has 3 rings (SSSR count). The Hall–Kier alpha value is -0.860. The van der Waals surface area contributed by atoms with Crippen LogP contribution in [0, 0.1) is 0 Å². The highest BCUT2D eigenvalue weighted by molar-refractivity contribution is 5.21. The number of benzene rings is 1. The van der Waals surface area contributed by atoms with Gasteiger partial charge in [-0.2, -0.15) is 0 Å². The minimum absolute atomic E-state index is 0.715. The van der Waals surface area contributed by atoms with Crippen molar-refractivity contribution < 1.29 is 0 Å². The van der Waals surface area contributed by atoms with Crippen molar-refractivity contribution in [3.8, 4) is 0 Å². The molecule has 1 aromatic carbocycles. The number of likely N-dealkylation sites (tertiary alicyclic amines) is 1. The molecule has 3 atom stereocenters. The van der Waals surface area contributed by atoms with E-state index in [4.69, 9.17) is 0 Å². The molecule has 1 heterocycles. The topological polar surface area (TPSA) is 15.3 Å². The first-order valence-corrected chi connectivity index (χ1v) is 8.91. The number of nitrogens with one attached hydrogen (secondary N) is 1. The van der Waals surface area contributed by atoms with Crippen LogP contribution in [0.25, 0.3) is 0 Å². The fourth-order valence-corrected chi connectivity index (χ4v) is 4.31. The van der Waals surface area contributed by atoms with E-state index in [0.717, 1.165) is 18.5 Å². The molecule has 2 aliphatic rings. The molecule has 1 aliphatic heterocycles. The monoisotopic (exact) mass is 286 g/mol. The lowest BCUT2D eigenvalue weighted by atomic mass is 9.98. The highest BCUT2D eigenvalue weighted by atomic mass is 15.2. The van der Waals surface area contributed by atoms with Crippen LogP contribution in [0.15, 0.2) is 30.3 Å². The zero-order chi connectivity index (χ0) is 14.5. The molecule has 0 aromatic heterocycles. The standard InChI is InChI=1S/C19H30N2/c1-2-20-18-11-7-4-8-12-19(18)21-14-13-17(15-21)16-9-5-3-6-10-16/h3,5-6,9-10,17-20H,2,4,7-8,11-15H2,1H3. The van der Waals surface area contributed by atoms with Gasteiger partial charge >= 0.3 is 0 Å². The van der Waals surface area contributed by atoms with E-state index < -0.39 is 0 Å². The smallest absolute Gasteiger partial charge is 0.0249 e. The third kappa shape index (κ3) is 3.67. The summed E-state index contributed by atoms with van der Waals surface area (Å²) in [6.45, 7) is 5.90. The van der Waals surface area contributed by atoms with Crippen molar-refractivity contribution in [1.82, 2.24) is 10.2 Å². The van der Waals surface area contributed by atoms with E-state index in [1.165, 1.54) is 57.2 Å². The average molecular weight is 286 g/mol. The van der Waals surface area contributed by atoms with Crippen molar-refractivity contribution in [2.24, 2.45) is 0 Å². The van der Waals surface area contributed by atoms with Crippen LogP contribution < -0.4 is 5.32 Å². The van der Waals surface area contributed by atoms with Crippen LogP contribution >= 0.6 is 0 Å². The molecule has 1 aliphatic carbocycles. The van der Waals surface area contributed by atoms with E-state index in [2.05, 4.69) is 47.5 Å². The summed E-state index contributed by atoms with van der Waals surface area (Å²) in [5.41, 5.74) is 1.54. The minimum Gasteiger partial charge on any atom is -0.313 e. The van der Waals surface area contributed by atoms with Crippen LogP contribution in [0.4, 0.5) is 0 Å². The summed E-state index contributed by atoms with van der Waals surface area (Å²) >= 11 is 0. The molecule has 1 saturated heterocycles. The summed E-state index contributed by atoms with van der Waals surface area (Å²) in [5.74, 6) is 0.747. The van der Waals surface area contributed by atoms with E-state index >= 15 is 0 Å². The second-order valence-corrected chi connectivity index (χ2v) is 6.76. The Kier molecular flexibility index (Phi) is 5.32. The Labute approximate surface area is 129 Å². The molecule has 0 amide bonds. The molecule has 0 spiro atoms. The Morgan fingerprint density at radius 1 is 1.05 bits per heavy atom. The van der Waals surface area contributed by atoms with Gasteiger partial charge in [0.2, 0.25) is 0 Å². The summed E-state index contributed by atoms with van der Waals surface area (Å²) in [7, 11) is 0. The Balaban J connectivity index is 1.65. The summed E-state index contributed by atoms with van der Waals surface area (Å²) in [5, 5.41) is 3.76. The van der Waals surface area contributed by atoms with Crippen molar-refractivity contribution in [2.45, 2.75) is 63.5 Å². The average Bonchev–Trinajstić information content (AvgIpc) is 2.90. The SMILES string of the molecule is CCNC1CCCCCC1N1CCC(c2ccccc2)C1. The molecular formula is C19H30N2. The lowest BCUT2D eigenvalue weighted by Crippen LogP contribution is -2.48. The lowest BCUT2D eigenvalue weighted by molar-refractivity contribution is 0.180. The van der Waals surface area contributed by atoms with Gasteiger partial charge < -0.3 is 5.32 Å². The molecule has 21 heavy (non-hydrogen) atoms. The van der Waals surface area contributed by atoms with E-state index in [-0.39, 0.29) is 0 Å². The Morgan fingerprint density at radius 2 is 1.86 bits per heavy atom. The lowest BCUT2D eigenvalue weighted by Gasteiger charge is -2.34. The Morgan fingerprint density at radius 3 is 2.67 bits per heavy atom. The zero-order valence-electron chi connectivity index (χ0n) is 13.4. The molecule has 1 N–H and O–H groups in total. The van der Waals surface area contributed by atoms with Gasteiger partial charge in [-0.25, -0.2) is 0 Å². The molecule has 2 nitrogen and oxygen atoms in total. The third-order valence-corrected chi connectivity index (χ3v) is 5.41. The largest absolute Gasteiger partial charge is 0.313 e. The number of hydrogen-bond acceptors (Lipinski definition) is 2. The van der Waals surface area contributed by atoms with Crippen molar-refractivity contribution in [3.63, 3.8) is 0 Å². The molecule has 1 aromatic rings. The minimum atomic E-state index is 0.715. The molecule has 3 unspecified atom stereocenters. The zero-order valence-corrected chi connectivity index (χ0v) is 13.4. The van der Waals surface area contributed by atoms with Crippen LogP contribution in [0.1, 0.15) is 56.9 Å². The van der Waals surface area contributed by atoms with Gasteiger partial charge in [-0.05, 0) is 43.8 Å². The predicted molar refractivity (Wildman–Crippen MR) is 89.7 cm³/mol. The van der Waals surface area contributed by atoms with Gasteiger partial charge in [-0.15, -0.1) is 0 Å². The maximum Gasteiger partial charge on any atom is 0.0249 e. The second kappa shape index (κ2) is 7.42. The Bertz CT molecular complexity index is 417. The van der Waals surface area contributed by atoms with Gasteiger partial charge in [-0.1, -0.05) is 56.5 Å². The summed E-state index contributed by atoms with van der Waals surface area (Å²) < 4.78 is 0. The van der Waals surface area contributed by atoms with Gasteiger partial charge in [0.25, 0.3) is 0 Å². The number of hydrogen-bond donors (Lipinski definition) is 1. The maximum absolute atomic E-state index is 3.76. The molecule has 116 valence electrons. The summed E-state index contributed by atoms with van der Waals surface area (Å²) in [6.07, 6.45) is 8.33. The highest BCUT2D eigenvalue weighted by Crippen LogP contribution is 2.32. The molecule has 2 heteroatoms. The van der Waals surface area contributed by atoms with Crippen molar-refractivity contribution in [3.05, 3.63) is 35.9 Å². The first-order valence-electron chi connectivity index (χ1n) is 8.91. The van der Waals surface area contributed by atoms with Crippen LogP contribution in [0.3, 0.4) is 0 Å². The van der Waals surface area contributed by atoms with Gasteiger partial charge in [0.15, 0.2) is 0 Å². The number of nitrogens with zero attached hydrogens (tertiary/aromatic N) is 1. The normalized spacial score (nSPS) is 31.2. The first kappa shape index (κ1) is 15.1. The highest BCUT2D eigenvalue weighted by Gasteiger charge is 2.33. The molecule has 0 bridgehead atoms. The molecule has 0 radical (unpaired) electrons. The summed E-state index contributed by atoms with van der Waals surface area (Å²) in [6, 6.07) is 12.6. The van der Waals surface area contributed by atoms with Crippen molar-refractivity contribution in [1.29, 1.82) is 0 Å². The second-order valence-electron chi connectivity index (χ2n) is 6.76. The van der Waals surface area contributed by atoms with Gasteiger partial charge in [0, 0.05) is 18.6 Å².